The van der Waals surface area contributed by atoms with Gasteiger partial charge in [0, 0.05) is 6.54 Å². The van der Waals surface area contributed by atoms with Gasteiger partial charge >= 0.3 is 6.03 Å². The van der Waals surface area contributed by atoms with Crippen LogP contribution in [0.1, 0.15) is 25.8 Å². The van der Waals surface area contributed by atoms with Gasteiger partial charge in [-0.15, -0.1) is 0 Å². The minimum Gasteiger partial charge on any atom is -0.497 e. The van der Waals surface area contributed by atoms with E-state index in [2.05, 4.69) is 10.6 Å². The second-order valence-corrected chi connectivity index (χ2v) is 5.26. The molecule has 0 heterocycles. The Morgan fingerprint density at radius 2 is 1.91 bits per heavy atom. The van der Waals surface area contributed by atoms with Gasteiger partial charge in [0.15, 0.2) is 0 Å². The van der Waals surface area contributed by atoms with E-state index in [0.717, 1.165) is 17.7 Å². The van der Waals surface area contributed by atoms with Crippen LogP contribution in [0.5, 0.6) is 5.75 Å². The summed E-state index contributed by atoms with van der Waals surface area (Å²) in [6, 6.07) is 6.40. The van der Waals surface area contributed by atoms with Crippen LogP contribution < -0.4 is 21.1 Å². The average Bonchev–Trinajstić information content (AvgIpc) is 2.52. The molecule has 0 unspecified atom stereocenters. The van der Waals surface area contributed by atoms with Crippen molar-refractivity contribution in [2.75, 3.05) is 13.7 Å². The zero-order valence-corrected chi connectivity index (χ0v) is 13.4. The van der Waals surface area contributed by atoms with Gasteiger partial charge < -0.3 is 21.1 Å². The summed E-state index contributed by atoms with van der Waals surface area (Å²) in [6.45, 7) is 4.37. The van der Waals surface area contributed by atoms with E-state index in [1.165, 1.54) is 0 Å². The molecule has 1 aromatic rings. The topological polar surface area (TPSA) is 93.5 Å². The Morgan fingerprint density at radius 1 is 1.27 bits per heavy atom. The van der Waals surface area contributed by atoms with Crippen molar-refractivity contribution < 1.29 is 14.3 Å². The molecule has 0 aliphatic rings. The van der Waals surface area contributed by atoms with E-state index >= 15 is 0 Å². The first-order chi connectivity index (χ1) is 10.5. The molecule has 0 aliphatic heterocycles. The number of ether oxygens (including phenoxy) is 1. The van der Waals surface area contributed by atoms with Crippen LogP contribution >= 0.6 is 0 Å². The number of rotatable bonds is 8. The number of carbonyl (C=O) groups excluding carboxylic acids is 2. The van der Waals surface area contributed by atoms with Crippen molar-refractivity contribution >= 4 is 11.9 Å². The summed E-state index contributed by atoms with van der Waals surface area (Å²) in [7, 11) is 1.62. The highest BCUT2D eigenvalue weighted by atomic mass is 16.5. The van der Waals surface area contributed by atoms with Crippen molar-refractivity contribution in [3.05, 3.63) is 29.8 Å². The average molecular weight is 307 g/mol. The van der Waals surface area contributed by atoms with Crippen LogP contribution in [0.4, 0.5) is 4.79 Å². The number of methoxy groups -OCH3 is 1. The molecule has 2 atom stereocenters. The van der Waals surface area contributed by atoms with Crippen LogP contribution in [-0.4, -0.2) is 31.6 Å². The van der Waals surface area contributed by atoms with E-state index in [1.807, 2.05) is 38.1 Å². The van der Waals surface area contributed by atoms with Crippen molar-refractivity contribution in [3.63, 3.8) is 0 Å². The molecule has 6 heteroatoms. The summed E-state index contributed by atoms with van der Waals surface area (Å²) in [5, 5.41) is 5.34. The van der Waals surface area contributed by atoms with Crippen molar-refractivity contribution in [1.82, 2.24) is 10.6 Å². The van der Waals surface area contributed by atoms with Crippen molar-refractivity contribution in [3.8, 4) is 5.75 Å². The lowest BCUT2D eigenvalue weighted by atomic mass is 9.98. The van der Waals surface area contributed by atoms with Crippen LogP contribution in [-0.2, 0) is 11.2 Å². The highest BCUT2D eigenvalue weighted by Gasteiger charge is 2.24. The van der Waals surface area contributed by atoms with E-state index in [4.69, 9.17) is 10.5 Å². The van der Waals surface area contributed by atoms with Gasteiger partial charge in [-0.1, -0.05) is 32.4 Å². The number of urea groups is 1. The Labute approximate surface area is 131 Å². The van der Waals surface area contributed by atoms with Gasteiger partial charge in [0.2, 0.25) is 5.91 Å². The standard InChI is InChI=1S/C16H25N3O3/c1-4-11(2)14(19-16(17)21)15(20)18-10-9-12-5-7-13(22-3)8-6-12/h5-8,11,14H,4,9-10H2,1-3H3,(H,18,20)(H3,17,19,21)/t11-,14+/m0/s1. The number of benzene rings is 1. The van der Waals surface area contributed by atoms with Gasteiger partial charge in [-0.2, -0.15) is 0 Å². The van der Waals surface area contributed by atoms with Gasteiger partial charge in [0.25, 0.3) is 0 Å². The molecule has 3 amide bonds. The molecule has 1 aromatic carbocycles. The molecular formula is C16H25N3O3. The van der Waals surface area contributed by atoms with Gasteiger partial charge in [-0.25, -0.2) is 4.79 Å². The first-order valence-corrected chi connectivity index (χ1v) is 7.44. The van der Waals surface area contributed by atoms with Gasteiger partial charge in [-0.05, 0) is 30.0 Å². The lowest BCUT2D eigenvalue weighted by Crippen LogP contribution is -2.52. The molecule has 122 valence electrons. The van der Waals surface area contributed by atoms with Crippen molar-refractivity contribution in [2.45, 2.75) is 32.7 Å². The van der Waals surface area contributed by atoms with Crippen molar-refractivity contribution in [2.24, 2.45) is 11.7 Å². The molecule has 0 saturated heterocycles. The Hall–Kier alpha value is -2.24. The first-order valence-electron chi connectivity index (χ1n) is 7.44. The lowest BCUT2D eigenvalue weighted by Gasteiger charge is -2.22. The van der Waals surface area contributed by atoms with Gasteiger partial charge in [0.05, 0.1) is 7.11 Å². The summed E-state index contributed by atoms with van der Waals surface area (Å²) >= 11 is 0. The molecule has 4 N–H and O–H groups in total. The predicted molar refractivity (Wildman–Crippen MR) is 85.7 cm³/mol. The third-order valence-corrected chi connectivity index (χ3v) is 3.67. The number of hydrogen-bond acceptors (Lipinski definition) is 3. The monoisotopic (exact) mass is 307 g/mol. The fourth-order valence-corrected chi connectivity index (χ4v) is 2.09. The Bertz CT molecular complexity index is 488. The summed E-state index contributed by atoms with van der Waals surface area (Å²) in [5.41, 5.74) is 6.23. The number of carbonyl (C=O) groups is 2. The van der Waals surface area contributed by atoms with E-state index < -0.39 is 12.1 Å². The molecule has 0 bridgehead atoms. The van der Waals surface area contributed by atoms with E-state index in [-0.39, 0.29) is 11.8 Å². The summed E-state index contributed by atoms with van der Waals surface area (Å²) in [4.78, 5) is 23.2. The molecule has 6 nitrogen and oxygen atoms in total. The van der Waals surface area contributed by atoms with E-state index in [0.29, 0.717) is 13.0 Å². The minimum absolute atomic E-state index is 0.0217. The third-order valence-electron chi connectivity index (χ3n) is 3.67. The van der Waals surface area contributed by atoms with E-state index in [9.17, 15) is 9.59 Å². The second kappa shape index (κ2) is 8.92. The number of nitrogens with one attached hydrogen (secondary N) is 2. The maximum atomic E-state index is 12.2. The second-order valence-electron chi connectivity index (χ2n) is 5.26. The SMILES string of the molecule is CC[C@H](C)[C@@H](NC(N)=O)C(=O)NCCc1ccc(OC)cc1. The molecule has 0 fully saturated rings. The predicted octanol–water partition coefficient (Wildman–Crippen LogP) is 1.44. The maximum absolute atomic E-state index is 12.2. The maximum Gasteiger partial charge on any atom is 0.312 e. The highest BCUT2D eigenvalue weighted by Crippen LogP contribution is 2.11. The van der Waals surface area contributed by atoms with Gasteiger partial charge in [0.1, 0.15) is 11.8 Å². The lowest BCUT2D eigenvalue weighted by molar-refractivity contribution is -0.124. The third kappa shape index (κ3) is 5.63. The molecular weight excluding hydrogens is 282 g/mol. The van der Waals surface area contributed by atoms with Crippen LogP contribution in [0.3, 0.4) is 0 Å². The van der Waals surface area contributed by atoms with Crippen LogP contribution in [0, 0.1) is 5.92 Å². The summed E-state index contributed by atoms with van der Waals surface area (Å²) in [6.07, 6.45) is 1.48. The Balaban J connectivity index is 2.49. The molecule has 0 radical (unpaired) electrons. The van der Waals surface area contributed by atoms with Crippen LogP contribution in [0.2, 0.25) is 0 Å². The first kappa shape index (κ1) is 17.8. The van der Waals surface area contributed by atoms with E-state index in [1.54, 1.807) is 7.11 Å². The zero-order valence-electron chi connectivity index (χ0n) is 13.4. The summed E-state index contributed by atoms with van der Waals surface area (Å²) in [5.74, 6) is 0.616. The molecule has 0 saturated carbocycles. The zero-order chi connectivity index (χ0) is 16.5. The molecule has 22 heavy (non-hydrogen) atoms. The summed E-state index contributed by atoms with van der Waals surface area (Å²) < 4.78 is 5.10. The van der Waals surface area contributed by atoms with Crippen LogP contribution in [0.25, 0.3) is 0 Å². The van der Waals surface area contributed by atoms with Crippen LogP contribution in [0.15, 0.2) is 24.3 Å². The Morgan fingerprint density at radius 3 is 2.41 bits per heavy atom. The van der Waals surface area contributed by atoms with Gasteiger partial charge in [-0.3, -0.25) is 4.79 Å². The van der Waals surface area contributed by atoms with Crippen molar-refractivity contribution in [1.29, 1.82) is 0 Å². The molecule has 0 aliphatic carbocycles. The highest BCUT2D eigenvalue weighted by molar-refractivity contribution is 5.86. The number of hydrogen-bond donors (Lipinski definition) is 3. The normalized spacial score (nSPS) is 13.0. The molecule has 0 aromatic heterocycles. The molecule has 1 rings (SSSR count). The minimum atomic E-state index is -0.685. The largest absolute Gasteiger partial charge is 0.497 e. The Kier molecular flexibility index (Phi) is 7.22. The number of amides is 3. The quantitative estimate of drug-likeness (QED) is 0.678. The fourth-order valence-electron chi connectivity index (χ4n) is 2.09. The number of nitrogens with two attached hydrogens (primary N) is 1. The number of primary amides is 1. The molecule has 0 spiro atoms. The fraction of sp³-hybridized carbons (Fsp3) is 0.500. The smallest absolute Gasteiger partial charge is 0.312 e.